The molecule has 0 saturated carbocycles. The highest BCUT2D eigenvalue weighted by Gasteiger charge is 2.22. The minimum absolute atomic E-state index is 0.198. The summed E-state index contributed by atoms with van der Waals surface area (Å²) in [6, 6.07) is 24.1. The third kappa shape index (κ3) is 8.83. The second-order valence-electron chi connectivity index (χ2n) is 7.99. The predicted molar refractivity (Wildman–Crippen MR) is 133 cm³/mol. The zero-order chi connectivity index (χ0) is 25.3. The normalized spacial score (nSPS) is 13.1. The summed E-state index contributed by atoms with van der Waals surface area (Å²) in [5, 5.41) is 0. The monoisotopic (exact) mass is 498 g/mol. The van der Waals surface area contributed by atoms with E-state index in [1.807, 2.05) is 60.7 Å². The Morgan fingerprint density at radius 1 is 0.914 bits per heavy atom. The molecule has 0 bridgehead atoms. The molecule has 0 aromatic heterocycles. The number of benzene rings is 3. The van der Waals surface area contributed by atoms with Gasteiger partial charge in [0.05, 0.1) is 6.26 Å². The first kappa shape index (κ1) is 26.4. The summed E-state index contributed by atoms with van der Waals surface area (Å²) in [6.07, 6.45) is -0.143. The zero-order valence-corrected chi connectivity index (χ0v) is 20.9. The molecular formula is C27H30O7S. The van der Waals surface area contributed by atoms with Crippen LogP contribution in [0.3, 0.4) is 0 Å². The molecule has 0 saturated heterocycles. The third-order valence-electron chi connectivity index (χ3n) is 5.03. The number of rotatable bonds is 12. The van der Waals surface area contributed by atoms with Crippen molar-refractivity contribution in [1.82, 2.24) is 0 Å². The molecule has 0 spiro atoms. The van der Waals surface area contributed by atoms with Crippen LogP contribution in [-0.2, 0) is 36.7 Å². The molecule has 7 nitrogen and oxygen atoms in total. The van der Waals surface area contributed by atoms with Crippen LogP contribution in [0, 0.1) is 0 Å². The van der Waals surface area contributed by atoms with E-state index < -0.39 is 28.5 Å². The fourth-order valence-corrected chi connectivity index (χ4v) is 3.92. The summed E-state index contributed by atoms with van der Waals surface area (Å²) in [6.45, 7) is 3.79. The van der Waals surface area contributed by atoms with Crippen molar-refractivity contribution >= 4 is 16.1 Å². The summed E-state index contributed by atoms with van der Waals surface area (Å²) in [5.41, 5.74) is 2.67. The lowest BCUT2D eigenvalue weighted by molar-refractivity contribution is -0.145. The Morgan fingerprint density at radius 3 is 2.14 bits per heavy atom. The second kappa shape index (κ2) is 12.5. The molecule has 3 aromatic rings. The molecule has 0 amide bonds. The minimum Gasteiger partial charge on any atom is -0.463 e. The van der Waals surface area contributed by atoms with Gasteiger partial charge in [-0.25, -0.2) is 8.98 Å². The van der Waals surface area contributed by atoms with Gasteiger partial charge in [-0.05, 0) is 36.6 Å². The zero-order valence-electron chi connectivity index (χ0n) is 20.0. The molecule has 35 heavy (non-hydrogen) atoms. The van der Waals surface area contributed by atoms with E-state index in [2.05, 4.69) is 0 Å². The van der Waals surface area contributed by atoms with Gasteiger partial charge in [0.25, 0.3) is 10.1 Å². The Labute approximate surface area is 206 Å². The van der Waals surface area contributed by atoms with Crippen molar-refractivity contribution in [1.29, 1.82) is 0 Å². The first-order valence-electron chi connectivity index (χ1n) is 11.3. The SMILES string of the molecule is CCOC(C)C(=O)Oc1ccc(Cc2ccccc2)c(OC(Cc2ccccc2)OS(C)(=O)=O)c1. The lowest BCUT2D eigenvalue weighted by Crippen LogP contribution is -2.27. The van der Waals surface area contributed by atoms with E-state index in [1.54, 1.807) is 32.0 Å². The fraction of sp³-hybridized carbons (Fsp3) is 0.296. The van der Waals surface area contributed by atoms with Crippen LogP contribution in [0.2, 0.25) is 0 Å². The molecule has 0 aliphatic rings. The topological polar surface area (TPSA) is 88.1 Å². The summed E-state index contributed by atoms with van der Waals surface area (Å²) in [4.78, 5) is 12.3. The smallest absolute Gasteiger partial charge is 0.340 e. The van der Waals surface area contributed by atoms with Gasteiger partial charge < -0.3 is 14.2 Å². The van der Waals surface area contributed by atoms with Crippen molar-refractivity contribution in [2.45, 2.75) is 39.1 Å². The van der Waals surface area contributed by atoms with E-state index in [4.69, 9.17) is 18.4 Å². The highest BCUT2D eigenvalue weighted by atomic mass is 32.2. The van der Waals surface area contributed by atoms with Gasteiger partial charge in [0.15, 0.2) is 6.10 Å². The molecule has 0 fully saturated rings. The average molecular weight is 499 g/mol. The van der Waals surface area contributed by atoms with Crippen molar-refractivity contribution in [3.05, 3.63) is 95.6 Å². The molecule has 3 aromatic carbocycles. The third-order valence-corrected chi connectivity index (χ3v) is 5.59. The van der Waals surface area contributed by atoms with Crippen LogP contribution in [0.5, 0.6) is 11.5 Å². The van der Waals surface area contributed by atoms with Crippen LogP contribution in [0.15, 0.2) is 78.9 Å². The summed E-state index contributed by atoms with van der Waals surface area (Å²) >= 11 is 0. The number of carbonyl (C=O) groups is 1. The Balaban J connectivity index is 1.92. The van der Waals surface area contributed by atoms with E-state index in [-0.39, 0.29) is 12.2 Å². The molecule has 3 rings (SSSR count). The van der Waals surface area contributed by atoms with Gasteiger partial charge in [-0.15, -0.1) is 0 Å². The van der Waals surface area contributed by atoms with Gasteiger partial charge in [0.1, 0.15) is 11.5 Å². The average Bonchev–Trinajstić information content (AvgIpc) is 2.81. The highest BCUT2D eigenvalue weighted by Crippen LogP contribution is 2.29. The van der Waals surface area contributed by atoms with E-state index in [9.17, 15) is 13.2 Å². The van der Waals surface area contributed by atoms with E-state index in [1.165, 1.54) is 0 Å². The predicted octanol–water partition coefficient (Wildman–Crippen LogP) is 4.53. The van der Waals surface area contributed by atoms with Gasteiger partial charge >= 0.3 is 5.97 Å². The summed E-state index contributed by atoms with van der Waals surface area (Å²) in [7, 11) is -3.81. The molecule has 0 aliphatic carbocycles. The first-order chi connectivity index (χ1) is 16.7. The van der Waals surface area contributed by atoms with E-state index in [0.29, 0.717) is 18.8 Å². The second-order valence-corrected chi connectivity index (χ2v) is 9.59. The van der Waals surface area contributed by atoms with Crippen LogP contribution < -0.4 is 9.47 Å². The summed E-state index contributed by atoms with van der Waals surface area (Å²) in [5.74, 6) is 0.0702. The number of hydrogen-bond acceptors (Lipinski definition) is 7. The van der Waals surface area contributed by atoms with Crippen molar-refractivity contribution in [3.63, 3.8) is 0 Å². The van der Waals surface area contributed by atoms with Gasteiger partial charge in [-0.1, -0.05) is 66.7 Å². The molecule has 8 heteroatoms. The highest BCUT2D eigenvalue weighted by molar-refractivity contribution is 7.86. The van der Waals surface area contributed by atoms with Crippen LogP contribution in [-0.4, -0.2) is 39.6 Å². The number of hydrogen-bond donors (Lipinski definition) is 0. The number of ether oxygens (including phenoxy) is 3. The molecule has 0 aliphatic heterocycles. The van der Waals surface area contributed by atoms with Crippen molar-refractivity contribution in [2.24, 2.45) is 0 Å². The Bertz CT molecular complexity index is 1190. The molecule has 0 N–H and O–H groups in total. The maximum absolute atomic E-state index is 12.3. The van der Waals surface area contributed by atoms with E-state index >= 15 is 0 Å². The van der Waals surface area contributed by atoms with Gasteiger partial charge in [0.2, 0.25) is 6.29 Å². The standard InChI is InChI=1S/C27H30O7S/c1-4-31-20(2)27(28)32-24-16-15-23(17-21-11-7-5-8-12-21)25(19-24)33-26(34-35(3,29)30)18-22-13-9-6-10-14-22/h5-16,19-20,26H,4,17-18H2,1-3H3. The quantitative estimate of drug-likeness (QED) is 0.157. The van der Waals surface area contributed by atoms with Crippen LogP contribution >= 0.6 is 0 Å². The van der Waals surface area contributed by atoms with Crippen LogP contribution in [0.1, 0.15) is 30.5 Å². The van der Waals surface area contributed by atoms with Gasteiger partial charge in [0, 0.05) is 25.5 Å². The number of esters is 1. The Hall–Kier alpha value is -3.20. The molecule has 186 valence electrons. The number of carbonyl (C=O) groups excluding carboxylic acids is 1. The van der Waals surface area contributed by atoms with Crippen molar-refractivity contribution in [2.75, 3.05) is 12.9 Å². The van der Waals surface area contributed by atoms with Crippen LogP contribution in [0.25, 0.3) is 0 Å². The molecule has 2 unspecified atom stereocenters. The Morgan fingerprint density at radius 2 is 1.54 bits per heavy atom. The first-order valence-corrected chi connectivity index (χ1v) is 13.1. The van der Waals surface area contributed by atoms with Crippen LogP contribution in [0.4, 0.5) is 0 Å². The largest absolute Gasteiger partial charge is 0.463 e. The maximum atomic E-state index is 12.3. The lowest BCUT2D eigenvalue weighted by Gasteiger charge is -2.21. The summed E-state index contributed by atoms with van der Waals surface area (Å²) < 4.78 is 46.1. The maximum Gasteiger partial charge on any atom is 0.340 e. The van der Waals surface area contributed by atoms with E-state index in [0.717, 1.165) is 22.9 Å². The van der Waals surface area contributed by atoms with Crippen molar-refractivity contribution in [3.8, 4) is 11.5 Å². The minimum atomic E-state index is -3.81. The van der Waals surface area contributed by atoms with Gasteiger partial charge in [-0.3, -0.25) is 0 Å². The fourth-order valence-electron chi connectivity index (χ4n) is 3.43. The molecule has 0 heterocycles. The molecule has 0 radical (unpaired) electrons. The Kier molecular flexibility index (Phi) is 9.42. The van der Waals surface area contributed by atoms with Gasteiger partial charge in [-0.2, -0.15) is 8.42 Å². The van der Waals surface area contributed by atoms with Crippen molar-refractivity contribution < 1.29 is 31.6 Å². The lowest BCUT2D eigenvalue weighted by atomic mass is 10.0. The molecule has 2 atom stereocenters. The molecular weight excluding hydrogens is 468 g/mol.